The molecule has 0 saturated carbocycles. The van der Waals surface area contributed by atoms with Gasteiger partial charge in [-0.15, -0.1) is 0 Å². The summed E-state index contributed by atoms with van der Waals surface area (Å²) in [5.41, 5.74) is 2.00. The van der Waals surface area contributed by atoms with Gasteiger partial charge in [0.05, 0.1) is 22.2 Å². The van der Waals surface area contributed by atoms with E-state index in [-0.39, 0.29) is 12.4 Å². The Kier molecular flexibility index (Phi) is 6.10. The SMILES string of the molecule is CCN(C)C=Nc1cc(Br)c(OCc2ccccc2F)nc1C. The average Bonchev–Trinajstić information content (AvgIpc) is 2.54. The summed E-state index contributed by atoms with van der Waals surface area (Å²) in [5.74, 6) is 0.137. The lowest BCUT2D eigenvalue weighted by molar-refractivity contribution is 0.285. The Bertz CT molecular complexity index is 706. The first-order valence-electron chi connectivity index (χ1n) is 7.29. The highest BCUT2D eigenvalue weighted by Crippen LogP contribution is 2.30. The lowest BCUT2D eigenvalue weighted by Crippen LogP contribution is -2.14. The summed E-state index contributed by atoms with van der Waals surface area (Å²) in [4.78, 5) is 10.8. The maximum Gasteiger partial charge on any atom is 0.228 e. The number of aryl methyl sites for hydroxylation is 1. The van der Waals surface area contributed by atoms with Gasteiger partial charge in [-0.05, 0) is 41.9 Å². The molecule has 4 nitrogen and oxygen atoms in total. The molecule has 1 heterocycles. The van der Waals surface area contributed by atoms with E-state index in [9.17, 15) is 4.39 Å². The zero-order valence-corrected chi connectivity index (χ0v) is 15.0. The number of ether oxygens (including phenoxy) is 1. The highest BCUT2D eigenvalue weighted by Gasteiger charge is 2.10. The van der Waals surface area contributed by atoms with Gasteiger partial charge in [-0.3, -0.25) is 0 Å². The minimum Gasteiger partial charge on any atom is -0.472 e. The molecule has 2 rings (SSSR count). The van der Waals surface area contributed by atoms with Gasteiger partial charge in [0.15, 0.2) is 0 Å². The fraction of sp³-hybridized carbons (Fsp3) is 0.294. The highest BCUT2D eigenvalue weighted by atomic mass is 79.9. The molecule has 0 N–H and O–H groups in total. The second kappa shape index (κ2) is 8.06. The third kappa shape index (κ3) is 4.76. The molecule has 0 fully saturated rings. The van der Waals surface area contributed by atoms with Gasteiger partial charge in [-0.25, -0.2) is 14.4 Å². The molecule has 0 amide bonds. The number of hydrogen-bond acceptors (Lipinski definition) is 3. The van der Waals surface area contributed by atoms with Gasteiger partial charge in [-0.1, -0.05) is 18.2 Å². The number of pyridine rings is 1. The Morgan fingerprint density at radius 2 is 2.13 bits per heavy atom. The van der Waals surface area contributed by atoms with Gasteiger partial charge in [-0.2, -0.15) is 0 Å². The molecule has 0 saturated heterocycles. The first-order valence-corrected chi connectivity index (χ1v) is 8.08. The second-order valence-corrected chi connectivity index (χ2v) is 5.93. The van der Waals surface area contributed by atoms with Crippen molar-refractivity contribution in [2.75, 3.05) is 13.6 Å². The van der Waals surface area contributed by atoms with Crippen LogP contribution in [0.1, 0.15) is 18.2 Å². The Balaban J connectivity index is 2.14. The van der Waals surface area contributed by atoms with Crippen LogP contribution in [0.15, 0.2) is 39.8 Å². The van der Waals surface area contributed by atoms with Gasteiger partial charge in [0.25, 0.3) is 0 Å². The van der Waals surface area contributed by atoms with Gasteiger partial charge < -0.3 is 9.64 Å². The normalized spacial score (nSPS) is 11.0. The standard InChI is InChI=1S/C17H19BrFN3O/c1-4-22(3)11-20-16-9-14(18)17(21-12(16)2)23-10-13-7-5-6-8-15(13)19/h5-9,11H,4,10H2,1-3H3. The van der Waals surface area contributed by atoms with E-state index in [1.165, 1.54) is 6.07 Å². The zero-order chi connectivity index (χ0) is 16.8. The van der Waals surface area contributed by atoms with Crippen molar-refractivity contribution >= 4 is 28.0 Å². The van der Waals surface area contributed by atoms with Crippen molar-refractivity contribution < 1.29 is 9.13 Å². The molecule has 0 aliphatic heterocycles. The van der Waals surface area contributed by atoms with E-state index < -0.39 is 0 Å². The topological polar surface area (TPSA) is 37.7 Å². The summed E-state index contributed by atoms with van der Waals surface area (Å²) in [5, 5.41) is 0. The number of aliphatic imine (C=N–C) groups is 1. The highest BCUT2D eigenvalue weighted by molar-refractivity contribution is 9.10. The lowest BCUT2D eigenvalue weighted by atomic mass is 10.2. The molecular formula is C17H19BrFN3O. The summed E-state index contributed by atoms with van der Waals surface area (Å²) in [6, 6.07) is 8.37. The Morgan fingerprint density at radius 1 is 1.39 bits per heavy atom. The number of benzene rings is 1. The van der Waals surface area contributed by atoms with E-state index >= 15 is 0 Å². The third-order valence-electron chi connectivity index (χ3n) is 3.32. The minimum atomic E-state index is -0.288. The molecule has 0 atom stereocenters. The van der Waals surface area contributed by atoms with Crippen molar-refractivity contribution in [2.45, 2.75) is 20.5 Å². The van der Waals surface area contributed by atoms with Crippen LogP contribution < -0.4 is 4.74 Å². The predicted molar refractivity (Wildman–Crippen MR) is 93.9 cm³/mol. The first kappa shape index (κ1) is 17.4. The minimum absolute atomic E-state index is 0.124. The summed E-state index contributed by atoms with van der Waals surface area (Å²) in [6.07, 6.45) is 1.76. The summed E-state index contributed by atoms with van der Waals surface area (Å²) >= 11 is 3.43. The molecule has 0 aliphatic rings. The molecule has 1 aromatic carbocycles. The van der Waals surface area contributed by atoms with Gasteiger partial charge >= 0.3 is 0 Å². The van der Waals surface area contributed by atoms with Crippen molar-refractivity contribution in [1.29, 1.82) is 0 Å². The molecule has 0 spiro atoms. The lowest BCUT2D eigenvalue weighted by Gasteiger charge is -2.11. The maximum atomic E-state index is 13.6. The monoisotopic (exact) mass is 379 g/mol. The predicted octanol–water partition coefficient (Wildman–Crippen LogP) is 4.48. The molecule has 122 valence electrons. The summed E-state index contributed by atoms with van der Waals surface area (Å²) in [7, 11) is 1.95. The number of nitrogens with zero attached hydrogens (tertiary/aromatic N) is 3. The van der Waals surface area contributed by atoms with E-state index in [0.29, 0.717) is 15.9 Å². The molecule has 0 unspecified atom stereocenters. The molecule has 0 bridgehead atoms. The Morgan fingerprint density at radius 3 is 2.83 bits per heavy atom. The van der Waals surface area contributed by atoms with Crippen molar-refractivity contribution in [1.82, 2.24) is 9.88 Å². The quantitative estimate of drug-likeness (QED) is 0.548. The van der Waals surface area contributed by atoms with Crippen LogP contribution in [0, 0.1) is 12.7 Å². The fourth-order valence-electron chi connectivity index (χ4n) is 1.79. The molecule has 0 radical (unpaired) electrons. The molecule has 6 heteroatoms. The first-order chi connectivity index (χ1) is 11.0. The number of hydrogen-bond donors (Lipinski definition) is 0. The van der Waals surface area contributed by atoms with Crippen molar-refractivity contribution in [3.8, 4) is 5.88 Å². The van der Waals surface area contributed by atoms with Crippen molar-refractivity contribution in [3.63, 3.8) is 0 Å². The Labute approximate surface area is 144 Å². The molecule has 23 heavy (non-hydrogen) atoms. The average molecular weight is 380 g/mol. The van der Waals surface area contributed by atoms with Gasteiger partial charge in [0.1, 0.15) is 12.4 Å². The fourth-order valence-corrected chi connectivity index (χ4v) is 2.21. The van der Waals surface area contributed by atoms with E-state index in [0.717, 1.165) is 17.9 Å². The van der Waals surface area contributed by atoms with Crippen LogP contribution in [-0.2, 0) is 6.61 Å². The number of halogens is 2. The van der Waals surface area contributed by atoms with Crippen LogP contribution >= 0.6 is 15.9 Å². The molecular weight excluding hydrogens is 361 g/mol. The zero-order valence-electron chi connectivity index (χ0n) is 13.4. The van der Waals surface area contributed by atoms with Gasteiger partial charge in [0, 0.05) is 19.2 Å². The largest absolute Gasteiger partial charge is 0.472 e. The van der Waals surface area contributed by atoms with Crippen molar-refractivity contribution in [3.05, 3.63) is 51.9 Å². The molecule has 1 aromatic heterocycles. The van der Waals surface area contributed by atoms with E-state index in [4.69, 9.17) is 4.74 Å². The van der Waals surface area contributed by atoms with Gasteiger partial charge in [0.2, 0.25) is 5.88 Å². The number of rotatable bonds is 6. The second-order valence-electron chi connectivity index (χ2n) is 5.08. The number of aromatic nitrogens is 1. The van der Waals surface area contributed by atoms with Crippen LogP contribution in [0.25, 0.3) is 0 Å². The van der Waals surface area contributed by atoms with Crippen LogP contribution in [0.5, 0.6) is 5.88 Å². The van der Waals surface area contributed by atoms with Crippen LogP contribution in [-0.4, -0.2) is 29.8 Å². The van der Waals surface area contributed by atoms with Crippen LogP contribution in [0.3, 0.4) is 0 Å². The summed E-state index contributed by atoms with van der Waals surface area (Å²) in [6.45, 7) is 4.91. The smallest absolute Gasteiger partial charge is 0.228 e. The Hall–Kier alpha value is -1.95. The maximum absolute atomic E-state index is 13.6. The molecule has 2 aromatic rings. The van der Waals surface area contributed by atoms with Crippen LogP contribution in [0.4, 0.5) is 10.1 Å². The third-order valence-corrected chi connectivity index (χ3v) is 3.89. The van der Waals surface area contributed by atoms with E-state index in [2.05, 4.69) is 25.9 Å². The summed E-state index contributed by atoms with van der Waals surface area (Å²) < 4.78 is 19.9. The molecule has 0 aliphatic carbocycles. The van der Waals surface area contributed by atoms with E-state index in [1.807, 2.05) is 31.9 Å². The van der Waals surface area contributed by atoms with Crippen molar-refractivity contribution in [2.24, 2.45) is 4.99 Å². The van der Waals surface area contributed by atoms with E-state index in [1.54, 1.807) is 24.5 Å². The van der Waals surface area contributed by atoms with Crippen LogP contribution in [0.2, 0.25) is 0 Å².